The number of thiocarbonyl (C=S) groups is 1. The molecule has 1 aliphatic heterocycles. The van der Waals surface area contributed by atoms with E-state index in [2.05, 4.69) is 81.5 Å². The van der Waals surface area contributed by atoms with Crippen LogP contribution in [0.15, 0.2) is 95.1 Å². The van der Waals surface area contributed by atoms with Crippen LogP contribution >= 0.6 is 12.2 Å². The molecule has 2 N–H and O–H groups in total. The van der Waals surface area contributed by atoms with E-state index in [0.717, 1.165) is 35.5 Å². The molecule has 156 valence electrons. The van der Waals surface area contributed by atoms with Gasteiger partial charge in [-0.15, -0.1) is 0 Å². The highest BCUT2D eigenvalue weighted by Crippen LogP contribution is 2.36. The Morgan fingerprint density at radius 1 is 1.03 bits per heavy atom. The highest BCUT2D eigenvalue weighted by molar-refractivity contribution is 7.80. The van der Waals surface area contributed by atoms with E-state index in [0.29, 0.717) is 5.11 Å². The van der Waals surface area contributed by atoms with Gasteiger partial charge in [-0.2, -0.15) is 10.2 Å². The van der Waals surface area contributed by atoms with Gasteiger partial charge in [-0.1, -0.05) is 72.8 Å². The molecule has 0 saturated heterocycles. The molecule has 0 amide bonds. The second-order valence-electron chi connectivity index (χ2n) is 7.21. The van der Waals surface area contributed by atoms with Crippen molar-refractivity contribution in [1.82, 2.24) is 10.7 Å². The normalized spacial score (nSPS) is 15.7. The highest BCUT2D eigenvalue weighted by atomic mass is 32.1. The first-order chi connectivity index (χ1) is 15.2. The summed E-state index contributed by atoms with van der Waals surface area (Å²) in [7, 11) is 0. The lowest BCUT2D eigenvalue weighted by Gasteiger charge is -2.24. The van der Waals surface area contributed by atoms with E-state index in [4.69, 9.17) is 17.3 Å². The maximum atomic E-state index is 5.12. The number of hydrazone groups is 2. The van der Waals surface area contributed by atoms with Gasteiger partial charge < -0.3 is 5.32 Å². The predicted octanol–water partition coefficient (Wildman–Crippen LogP) is 4.86. The molecule has 3 aromatic rings. The van der Waals surface area contributed by atoms with Crippen molar-refractivity contribution < 1.29 is 0 Å². The van der Waals surface area contributed by atoms with Crippen LogP contribution in [0.25, 0.3) is 0 Å². The Morgan fingerprint density at radius 2 is 1.71 bits per heavy atom. The number of nitrogens with zero attached hydrogens (tertiary/aromatic N) is 3. The molecule has 3 aromatic carbocycles. The van der Waals surface area contributed by atoms with Crippen molar-refractivity contribution in [3.8, 4) is 0 Å². The molecule has 0 radical (unpaired) electrons. The molecule has 1 unspecified atom stereocenters. The van der Waals surface area contributed by atoms with Gasteiger partial charge in [-0.05, 0) is 48.0 Å². The van der Waals surface area contributed by atoms with Crippen LogP contribution in [0, 0.1) is 0 Å². The fourth-order valence-electron chi connectivity index (χ4n) is 3.57. The summed E-state index contributed by atoms with van der Waals surface area (Å²) in [6.07, 6.45) is 2.62. The first-order valence-electron chi connectivity index (χ1n) is 10.4. The predicted molar refractivity (Wildman–Crippen MR) is 133 cm³/mol. The Hall–Kier alpha value is -3.51. The van der Waals surface area contributed by atoms with Crippen LogP contribution in [0.4, 0.5) is 5.69 Å². The Morgan fingerprint density at radius 3 is 2.39 bits per heavy atom. The van der Waals surface area contributed by atoms with Crippen molar-refractivity contribution >= 4 is 34.9 Å². The van der Waals surface area contributed by atoms with E-state index in [-0.39, 0.29) is 6.04 Å². The fourth-order valence-corrected chi connectivity index (χ4v) is 3.76. The number of rotatable bonds is 6. The van der Waals surface area contributed by atoms with Crippen molar-refractivity contribution in [2.24, 2.45) is 10.2 Å². The lowest BCUT2D eigenvalue weighted by atomic mass is 9.98. The molecule has 31 heavy (non-hydrogen) atoms. The lowest BCUT2D eigenvalue weighted by molar-refractivity contribution is 0.709. The van der Waals surface area contributed by atoms with Crippen molar-refractivity contribution in [1.29, 1.82) is 0 Å². The van der Waals surface area contributed by atoms with E-state index in [1.54, 1.807) is 6.21 Å². The molecule has 1 heterocycles. The average Bonchev–Trinajstić information content (AvgIpc) is 3.26. The standard InChI is InChI=1S/C25H25N5S/c1-2-26-25(31)28-27-18-19-13-15-22(16-14-19)30-24(21-11-7-4-8-12-21)17-23(29-30)20-9-5-3-6-10-20/h3-16,18,24H,2,17H2,1H3,(H2,26,28,31)/b27-18+. The van der Waals surface area contributed by atoms with Crippen LogP contribution < -0.4 is 15.8 Å². The number of anilines is 1. The number of hydrogen-bond donors (Lipinski definition) is 2. The molecule has 0 bridgehead atoms. The highest BCUT2D eigenvalue weighted by Gasteiger charge is 2.29. The molecule has 1 aliphatic rings. The molecular weight excluding hydrogens is 402 g/mol. The van der Waals surface area contributed by atoms with Crippen molar-refractivity contribution in [3.05, 3.63) is 102 Å². The minimum Gasteiger partial charge on any atom is -0.362 e. The maximum Gasteiger partial charge on any atom is 0.186 e. The van der Waals surface area contributed by atoms with Gasteiger partial charge in [-0.25, -0.2) is 0 Å². The van der Waals surface area contributed by atoms with Gasteiger partial charge in [0.15, 0.2) is 5.11 Å². The Bertz CT molecular complexity index is 1060. The summed E-state index contributed by atoms with van der Waals surface area (Å²) in [4.78, 5) is 0. The average molecular weight is 428 g/mol. The lowest BCUT2D eigenvalue weighted by Crippen LogP contribution is -2.31. The van der Waals surface area contributed by atoms with Crippen LogP contribution in [0.1, 0.15) is 36.1 Å². The zero-order valence-electron chi connectivity index (χ0n) is 17.4. The van der Waals surface area contributed by atoms with Crippen LogP contribution in [0.2, 0.25) is 0 Å². The monoisotopic (exact) mass is 427 g/mol. The van der Waals surface area contributed by atoms with E-state index in [1.807, 2.05) is 31.2 Å². The first kappa shape index (κ1) is 20.8. The van der Waals surface area contributed by atoms with E-state index < -0.39 is 0 Å². The summed E-state index contributed by atoms with van der Waals surface area (Å²) in [5, 5.41) is 14.8. The molecule has 0 spiro atoms. The van der Waals surface area contributed by atoms with Crippen molar-refractivity contribution in [3.63, 3.8) is 0 Å². The minimum atomic E-state index is 0.162. The number of benzene rings is 3. The third kappa shape index (κ3) is 5.16. The fraction of sp³-hybridized carbons (Fsp3) is 0.160. The Labute approximate surface area is 188 Å². The summed E-state index contributed by atoms with van der Waals surface area (Å²) >= 11 is 5.12. The largest absolute Gasteiger partial charge is 0.362 e. The van der Waals surface area contributed by atoms with E-state index in [1.165, 1.54) is 5.56 Å². The second-order valence-corrected chi connectivity index (χ2v) is 7.62. The zero-order chi connectivity index (χ0) is 21.5. The van der Waals surface area contributed by atoms with Crippen LogP contribution in [-0.2, 0) is 0 Å². The van der Waals surface area contributed by atoms with Gasteiger partial charge in [0.05, 0.1) is 23.7 Å². The number of nitrogens with one attached hydrogen (secondary N) is 2. The maximum absolute atomic E-state index is 5.12. The number of hydrogen-bond acceptors (Lipinski definition) is 4. The summed E-state index contributed by atoms with van der Waals surface area (Å²) in [5.74, 6) is 0. The molecule has 1 atom stereocenters. The van der Waals surface area contributed by atoms with Crippen molar-refractivity contribution in [2.45, 2.75) is 19.4 Å². The molecule has 0 saturated carbocycles. The topological polar surface area (TPSA) is 52.0 Å². The summed E-state index contributed by atoms with van der Waals surface area (Å²) in [6.45, 7) is 2.75. The third-order valence-corrected chi connectivity index (χ3v) is 5.31. The summed E-state index contributed by atoms with van der Waals surface area (Å²) in [6, 6.07) is 29.3. The smallest absolute Gasteiger partial charge is 0.186 e. The Balaban J connectivity index is 1.56. The summed E-state index contributed by atoms with van der Waals surface area (Å²) < 4.78 is 0. The molecule has 0 aliphatic carbocycles. The molecule has 5 nitrogen and oxygen atoms in total. The third-order valence-electron chi connectivity index (χ3n) is 5.08. The quantitative estimate of drug-likeness (QED) is 0.335. The summed E-state index contributed by atoms with van der Waals surface area (Å²) in [5.41, 5.74) is 8.36. The van der Waals surface area contributed by atoms with Crippen LogP contribution in [0.5, 0.6) is 0 Å². The van der Waals surface area contributed by atoms with Crippen molar-refractivity contribution in [2.75, 3.05) is 11.6 Å². The minimum absolute atomic E-state index is 0.162. The zero-order valence-corrected chi connectivity index (χ0v) is 18.2. The molecule has 0 fully saturated rings. The van der Waals surface area contributed by atoms with Gasteiger partial charge in [0.2, 0.25) is 0 Å². The first-order valence-corrected chi connectivity index (χ1v) is 10.8. The Kier molecular flexibility index (Phi) is 6.69. The van der Waals surface area contributed by atoms with Gasteiger partial charge in [0, 0.05) is 13.0 Å². The molecule has 0 aromatic heterocycles. The SMILES string of the molecule is CCNC(=S)N/N=C/c1ccc(N2N=C(c3ccccc3)CC2c2ccccc2)cc1. The molecular formula is C25H25N5S. The van der Waals surface area contributed by atoms with Gasteiger partial charge in [0.25, 0.3) is 0 Å². The van der Waals surface area contributed by atoms with Gasteiger partial charge >= 0.3 is 0 Å². The van der Waals surface area contributed by atoms with E-state index >= 15 is 0 Å². The second kappa shape index (κ2) is 10.00. The van der Waals surface area contributed by atoms with Crippen LogP contribution in [-0.4, -0.2) is 23.6 Å². The molecule has 6 heteroatoms. The molecule has 4 rings (SSSR count). The van der Waals surface area contributed by atoms with Crippen LogP contribution in [0.3, 0.4) is 0 Å². The van der Waals surface area contributed by atoms with Gasteiger partial charge in [0.1, 0.15) is 0 Å². The van der Waals surface area contributed by atoms with E-state index in [9.17, 15) is 0 Å². The van der Waals surface area contributed by atoms with Gasteiger partial charge in [-0.3, -0.25) is 10.4 Å².